The van der Waals surface area contributed by atoms with E-state index in [-0.39, 0.29) is 0 Å². The normalized spacial score (nSPS) is 16.1. The second-order valence-electron chi connectivity index (χ2n) is 7.96. The number of piperazine rings is 1. The molecule has 2 aromatic carbocycles. The molecule has 1 aliphatic rings. The van der Waals surface area contributed by atoms with Gasteiger partial charge in [0.25, 0.3) is 0 Å². The number of rotatable bonds is 9. The molecule has 152 valence electrons. The molecular formula is C24H34N2O2. The Morgan fingerprint density at radius 1 is 0.964 bits per heavy atom. The fraction of sp³-hybridized carbons (Fsp3) is 0.500. The summed E-state index contributed by atoms with van der Waals surface area (Å²) in [5.41, 5.74) is 2.48. The molecule has 0 saturated carbocycles. The van der Waals surface area contributed by atoms with Crippen molar-refractivity contribution < 1.29 is 9.47 Å². The molecule has 1 fully saturated rings. The second kappa shape index (κ2) is 10.5. The molecule has 3 rings (SSSR count). The van der Waals surface area contributed by atoms with E-state index in [1.807, 2.05) is 18.2 Å². The number of hydrogen-bond acceptors (Lipinski definition) is 4. The second-order valence-corrected chi connectivity index (χ2v) is 7.96. The first kappa shape index (κ1) is 20.7. The first-order valence-electron chi connectivity index (χ1n) is 10.5. The van der Waals surface area contributed by atoms with Crippen molar-refractivity contribution in [2.75, 3.05) is 33.3 Å². The Morgan fingerprint density at radius 3 is 2.39 bits per heavy atom. The van der Waals surface area contributed by atoms with Crippen molar-refractivity contribution in [3.8, 4) is 11.5 Å². The van der Waals surface area contributed by atoms with Gasteiger partial charge in [-0.3, -0.25) is 4.90 Å². The van der Waals surface area contributed by atoms with Crippen molar-refractivity contribution in [1.29, 1.82) is 0 Å². The maximum atomic E-state index is 6.04. The largest absolute Gasteiger partial charge is 0.493 e. The first-order valence-corrected chi connectivity index (χ1v) is 10.5. The molecule has 1 aliphatic heterocycles. The summed E-state index contributed by atoms with van der Waals surface area (Å²) < 4.78 is 11.7. The fourth-order valence-electron chi connectivity index (χ4n) is 3.79. The Kier molecular flexibility index (Phi) is 7.75. The molecule has 0 aliphatic carbocycles. The van der Waals surface area contributed by atoms with E-state index >= 15 is 0 Å². The van der Waals surface area contributed by atoms with Crippen molar-refractivity contribution in [2.24, 2.45) is 5.92 Å². The summed E-state index contributed by atoms with van der Waals surface area (Å²) in [6.45, 7) is 9.47. The van der Waals surface area contributed by atoms with Crippen LogP contribution in [0.3, 0.4) is 0 Å². The number of benzene rings is 2. The predicted molar refractivity (Wildman–Crippen MR) is 115 cm³/mol. The van der Waals surface area contributed by atoms with Gasteiger partial charge in [0.15, 0.2) is 11.5 Å². The van der Waals surface area contributed by atoms with Crippen LogP contribution in [-0.2, 0) is 6.61 Å². The highest BCUT2D eigenvalue weighted by molar-refractivity contribution is 5.44. The van der Waals surface area contributed by atoms with Gasteiger partial charge in [-0.05, 0) is 42.0 Å². The van der Waals surface area contributed by atoms with E-state index in [9.17, 15) is 0 Å². The summed E-state index contributed by atoms with van der Waals surface area (Å²) in [4.78, 5) is 2.61. The summed E-state index contributed by atoms with van der Waals surface area (Å²) in [5, 5.41) is 3.46. The van der Waals surface area contributed by atoms with Crippen LogP contribution < -0.4 is 14.8 Å². The Morgan fingerprint density at radius 2 is 1.71 bits per heavy atom. The molecule has 2 aromatic rings. The summed E-state index contributed by atoms with van der Waals surface area (Å²) in [6.07, 6.45) is 2.40. The SMILES string of the molecule is COc1cc([C@H](CCC(C)C)N2CCNCC2)ccc1OCc1ccccc1. The van der Waals surface area contributed by atoms with Gasteiger partial charge in [0, 0.05) is 32.2 Å². The highest BCUT2D eigenvalue weighted by Gasteiger charge is 2.23. The molecule has 4 heteroatoms. The highest BCUT2D eigenvalue weighted by Crippen LogP contribution is 2.35. The Labute approximate surface area is 169 Å². The summed E-state index contributed by atoms with van der Waals surface area (Å²) in [5.74, 6) is 2.33. The van der Waals surface area contributed by atoms with Crippen LogP contribution in [-0.4, -0.2) is 38.2 Å². The first-order chi connectivity index (χ1) is 13.7. The van der Waals surface area contributed by atoms with Crippen LogP contribution in [0.15, 0.2) is 48.5 Å². The van der Waals surface area contributed by atoms with E-state index in [0.717, 1.165) is 43.2 Å². The molecule has 28 heavy (non-hydrogen) atoms. The van der Waals surface area contributed by atoms with Crippen molar-refractivity contribution in [3.05, 3.63) is 59.7 Å². The average Bonchev–Trinajstić information content (AvgIpc) is 2.74. The molecular weight excluding hydrogens is 348 g/mol. The van der Waals surface area contributed by atoms with E-state index in [0.29, 0.717) is 18.6 Å². The number of nitrogens with zero attached hydrogens (tertiary/aromatic N) is 1. The molecule has 0 aromatic heterocycles. The standard InChI is InChI=1S/C24H34N2O2/c1-19(2)9-11-22(26-15-13-25-14-16-26)21-10-12-23(24(17-21)27-3)28-18-20-7-5-4-6-8-20/h4-8,10,12,17,19,22,25H,9,11,13-16,18H2,1-3H3/t22-/m0/s1. The third kappa shape index (κ3) is 5.73. The number of nitrogens with one attached hydrogen (secondary N) is 1. The minimum atomic E-state index is 0.432. The van der Waals surface area contributed by atoms with Crippen LogP contribution in [0, 0.1) is 5.92 Å². The van der Waals surface area contributed by atoms with Crippen molar-refractivity contribution in [2.45, 2.75) is 39.3 Å². The average molecular weight is 383 g/mol. The predicted octanol–water partition coefficient (Wildman–Crippen LogP) is 4.66. The van der Waals surface area contributed by atoms with Gasteiger partial charge < -0.3 is 14.8 Å². The van der Waals surface area contributed by atoms with Gasteiger partial charge >= 0.3 is 0 Å². The molecule has 1 saturated heterocycles. The molecule has 0 amide bonds. The Hall–Kier alpha value is -2.04. The van der Waals surface area contributed by atoms with Gasteiger partial charge in [-0.25, -0.2) is 0 Å². The van der Waals surface area contributed by atoms with Gasteiger partial charge in [0.1, 0.15) is 6.61 Å². The zero-order valence-corrected chi connectivity index (χ0v) is 17.5. The zero-order chi connectivity index (χ0) is 19.8. The van der Waals surface area contributed by atoms with Gasteiger partial charge in [-0.15, -0.1) is 0 Å². The van der Waals surface area contributed by atoms with E-state index in [1.165, 1.54) is 18.4 Å². The van der Waals surface area contributed by atoms with Crippen LogP contribution in [0.25, 0.3) is 0 Å². The van der Waals surface area contributed by atoms with E-state index in [4.69, 9.17) is 9.47 Å². The quantitative estimate of drug-likeness (QED) is 0.684. The van der Waals surface area contributed by atoms with Crippen LogP contribution in [0.1, 0.15) is 43.9 Å². The van der Waals surface area contributed by atoms with Crippen LogP contribution in [0.4, 0.5) is 0 Å². The molecule has 0 radical (unpaired) electrons. The van der Waals surface area contributed by atoms with E-state index in [1.54, 1.807) is 7.11 Å². The van der Waals surface area contributed by atoms with E-state index < -0.39 is 0 Å². The van der Waals surface area contributed by atoms with Crippen LogP contribution in [0.5, 0.6) is 11.5 Å². The van der Waals surface area contributed by atoms with Crippen molar-refractivity contribution in [1.82, 2.24) is 10.2 Å². The molecule has 4 nitrogen and oxygen atoms in total. The van der Waals surface area contributed by atoms with Crippen LogP contribution in [0.2, 0.25) is 0 Å². The van der Waals surface area contributed by atoms with Gasteiger partial charge in [-0.2, -0.15) is 0 Å². The number of hydrogen-bond donors (Lipinski definition) is 1. The zero-order valence-electron chi connectivity index (χ0n) is 17.5. The maximum Gasteiger partial charge on any atom is 0.161 e. The molecule has 0 spiro atoms. The maximum absolute atomic E-state index is 6.04. The monoisotopic (exact) mass is 382 g/mol. The van der Waals surface area contributed by atoms with E-state index in [2.05, 4.69) is 54.4 Å². The topological polar surface area (TPSA) is 33.7 Å². The minimum Gasteiger partial charge on any atom is -0.493 e. The van der Waals surface area contributed by atoms with Gasteiger partial charge in [0.05, 0.1) is 7.11 Å². The van der Waals surface area contributed by atoms with Crippen LogP contribution >= 0.6 is 0 Å². The molecule has 0 bridgehead atoms. The lowest BCUT2D eigenvalue weighted by Gasteiger charge is -2.36. The van der Waals surface area contributed by atoms with Gasteiger partial charge in [-0.1, -0.05) is 50.2 Å². The summed E-state index contributed by atoms with van der Waals surface area (Å²) in [6, 6.07) is 17.1. The number of methoxy groups -OCH3 is 1. The summed E-state index contributed by atoms with van der Waals surface area (Å²) >= 11 is 0. The lowest BCUT2D eigenvalue weighted by molar-refractivity contribution is 0.159. The molecule has 0 unspecified atom stereocenters. The fourth-order valence-corrected chi connectivity index (χ4v) is 3.79. The Bertz CT molecular complexity index is 712. The molecule has 1 atom stereocenters. The van der Waals surface area contributed by atoms with Crippen molar-refractivity contribution >= 4 is 0 Å². The highest BCUT2D eigenvalue weighted by atomic mass is 16.5. The number of ether oxygens (including phenoxy) is 2. The summed E-state index contributed by atoms with van der Waals surface area (Å²) in [7, 11) is 1.72. The van der Waals surface area contributed by atoms with Crippen molar-refractivity contribution in [3.63, 3.8) is 0 Å². The Balaban J connectivity index is 1.76. The molecule has 1 heterocycles. The third-order valence-corrected chi connectivity index (χ3v) is 5.42. The lowest BCUT2D eigenvalue weighted by Crippen LogP contribution is -2.45. The molecule has 1 N–H and O–H groups in total. The van der Waals surface area contributed by atoms with Gasteiger partial charge in [0.2, 0.25) is 0 Å². The smallest absolute Gasteiger partial charge is 0.161 e. The minimum absolute atomic E-state index is 0.432. The lowest BCUT2D eigenvalue weighted by atomic mass is 9.95. The third-order valence-electron chi connectivity index (χ3n) is 5.42.